The van der Waals surface area contributed by atoms with E-state index in [1.54, 1.807) is 24.3 Å². The second-order valence-corrected chi connectivity index (χ2v) is 11.7. The van der Waals surface area contributed by atoms with Crippen molar-refractivity contribution in [2.75, 3.05) is 19.6 Å². The average molecular weight is 561 g/mol. The second-order valence-electron chi connectivity index (χ2n) is 11.2. The maximum absolute atomic E-state index is 13.7. The zero-order chi connectivity index (χ0) is 27.6. The third-order valence-corrected chi connectivity index (χ3v) is 8.81. The highest BCUT2D eigenvalue weighted by molar-refractivity contribution is 6.31. The average Bonchev–Trinajstić information content (AvgIpc) is 2.93. The van der Waals surface area contributed by atoms with Crippen molar-refractivity contribution in [2.24, 2.45) is 0 Å². The van der Waals surface area contributed by atoms with Crippen LogP contribution in [0.2, 0.25) is 5.02 Å². The molecule has 0 radical (unpaired) electrons. The first-order valence-corrected chi connectivity index (χ1v) is 14.6. The Bertz CT molecular complexity index is 1360. The first-order valence-electron chi connectivity index (χ1n) is 14.2. The van der Waals surface area contributed by atoms with Crippen LogP contribution in [0.3, 0.4) is 0 Å². The summed E-state index contributed by atoms with van der Waals surface area (Å²) < 4.78 is 41.5. The number of halogens is 4. The van der Waals surface area contributed by atoms with Crippen LogP contribution in [0.5, 0.6) is 0 Å². The van der Waals surface area contributed by atoms with Crippen molar-refractivity contribution in [2.45, 2.75) is 82.2 Å². The van der Waals surface area contributed by atoms with Crippen molar-refractivity contribution >= 4 is 22.5 Å². The van der Waals surface area contributed by atoms with Crippen LogP contribution >= 0.6 is 11.6 Å². The summed E-state index contributed by atoms with van der Waals surface area (Å²) in [7, 11) is 0. The highest BCUT2D eigenvalue weighted by atomic mass is 35.5. The van der Waals surface area contributed by atoms with Crippen molar-refractivity contribution in [1.82, 2.24) is 9.63 Å². The minimum atomic E-state index is -4.43. The molecule has 1 aromatic heterocycles. The zero-order valence-corrected chi connectivity index (χ0v) is 22.9. The largest absolute Gasteiger partial charge is 0.428 e. The molecule has 0 spiro atoms. The fourth-order valence-electron chi connectivity index (χ4n) is 6.55. The van der Waals surface area contributed by atoms with E-state index in [1.165, 1.54) is 44.5 Å². The number of nitrogens with zero attached hydrogens (tertiary/aromatic N) is 2. The van der Waals surface area contributed by atoms with E-state index >= 15 is 0 Å². The Morgan fingerprint density at radius 3 is 2.51 bits per heavy atom. The molecule has 2 heterocycles. The van der Waals surface area contributed by atoms with E-state index in [9.17, 15) is 23.2 Å². The van der Waals surface area contributed by atoms with Crippen molar-refractivity contribution < 1.29 is 18.4 Å². The predicted molar refractivity (Wildman–Crippen MR) is 149 cm³/mol. The Morgan fingerprint density at radius 1 is 0.974 bits per heavy atom. The van der Waals surface area contributed by atoms with Crippen LogP contribution in [-0.4, -0.2) is 34.5 Å². The second kappa shape index (κ2) is 11.9. The van der Waals surface area contributed by atoms with Gasteiger partial charge < -0.3 is 10.1 Å². The van der Waals surface area contributed by atoms with E-state index in [-0.39, 0.29) is 17.3 Å². The lowest BCUT2D eigenvalue weighted by atomic mass is 9.73. The third kappa shape index (κ3) is 6.30. The summed E-state index contributed by atoms with van der Waals surface area (Å²) in [5, 5.41) is 12.0. The minimum absolute atomic E-state index is 0.134. The monoisotopic (exact) mass is 560 g/mol. The molecule has 0 saturated carbocycles. The van der Waals surface area contributed by atoms with Crippen molar-refractivity contribution in [1.29, 1.82) is 0 Å². The molecule has 5 rings (SSSR count). The molecule has 1 aliphatic carbocycles. The Kier molecular flexibility index (Phi) is 8.57. The van der Waals surface area contributed by atoms with Gasteiger partial charge in [0.25, 0.3) is 0 Å². The van der Waals surface area contributed by atoms with Gasteiger partial charge >= 0.3 is 6.18 Å². The number of piperidine rings is 1. The Hall–Kier alpha value is -2.51. The topological polar surface area (TPSA) is 45.5 Å². The van der Waals surface area contributed by atoms with Crippen LogP contribution in [0.4, 0.5) is 13.2 Å². The Labute approximate surface area is 232 Å². The van der Waals surface area contributed by atoms with E-state index in [2.05, 4.69) is 4.90 Å². The minimum Gasteiger partial charge on any atom is -0.428 e. The van der Waals surface area contributed by atoms with Gasteiger partial charge in [0.05, 0.1) is 22.2 Å². The number of unbranched alkanes of at least 4 members (excludes halogenated alkanes) is 3. The van der Waals surface area contributed by atoms with Crippen LogP contribution in [-0.2, 0) is 12.6 Å². The molecule has 1 N–H and O–H groups in total. The Morgan fingerprint density at radius 2 is 1.74 bits per heavy atom. The van der Waals surface area contributed by atoms with Gasteiger partial charge in [-0.05, 0) is 99.8 Å². The molecule has 210 valence electrons. The van der Waals surface area contributed by atoms with Gasteiger partial charge in [0.2, 0.25) is 0 Å². The van der Waals surface area contributed by atoms with Gasteiger partial charge in [0, 0.05) is 10.6 Å². The van der Waals surface area contributed by atoms with Gasteiger partial charge in [-0.3, -0.25) is 4.79 Å². The summed E-state index contributed by atoms with van der Waals surface area (Å²) in [5.74, 6) is -0.379. The van der Waals surface area contributed by atoms with Crippen molar-refractivity contribution in [3.8, 4) is 0 Å². The number of hydrogen-bond donors (Lipinski definition) is 1. The molecule has 2 aliphatic rings. The van der Waals surface area contributed by atoms with Gasteiger partial charge in [-0.1, -0.05) is 55.5 Å². The van der Waals surface area contributed by atoms with Crippen molar-refractivity contribution in [3.63, 3.8) is 0 Å². The maximum atomic E-state index is 13.7. The highest BCUT2D eigenvalue weighted by Crippen LogP contribution is 2.43. The predicted octanol–water partition coefficient (Wildman–Crippen LogP) is 8.16. The number of alkyl halides is 3. The molecule has 0 bridgehead atoms. The van der Waals surface area contributed by atoms with Crippen molar-refractivity contribution in [3.05, 3.63) is 80.1 Å². The van der Waals surface area contributed by atoms with Crippen LogP contribution in [0, 0.1) is 0 Å². The lowest BCUT2D eigenvalue weighted by Crippen LogP contribution is -2.30. The molecule has 4 nitrogen and oxygen atoms in total. The zero-order valence-electron chi connectivity index (χ0n) is 22.2. The van der Waals surface area contributed by atoms with Crippen LogP contribution in [0.25, 0.3) is 10.9 Å². The number of pyridine rings is 1. The summed E-state index contributed by atoms with van der Waals surface area (Å²) in [5.41, 5.74) is 1.23. The number of hydrogen-bond acceptors (Lipinski definition) is 3. The fraction of sp³-hybridized carbons (Fsp3) is 0.516. The molecule has 2 unspecified atom stereocenters. The molecular formula is C31H36ClF3N2O2. The summed E-state index contributed by atoms with van der Waals surface area (Å²) in [6, 6.07) is 10.3. The van der Waals surface area contributed by atoms with Gasteiger partial charge in [0.1, 0.15) is 0 Å². The SMILES string of the molecule is O=c1c2c(n(O)c3ccc(Cl)cc13)CC(c1cccc(C(F)(F)F)c1)CC2CCCCCCN1CCCCC1. The summed E-state index contributed by atoms with van der Waals surface area (Å²) in [6.07, 6.45) is 5.35. The van der Waals surface area contributed by atoms with E-state index in [0.29, 0.717) is 45.6 Å². The molecule has 2 aromatic carbocycles. The highest BCUT2D eigenvalue weighted by Gasteiger charge is 2.35. The molecule has 0 amide bonds. The number of benzene rings is 2. The summed E-state index contributed by atoms with van der Waals surface area (Å²) in [6.45, 7) is 3.52. The maximum Gasteiger partial charge on any atom is 0.416 e. The van der Waals surface area contributed by atoms with Gasteiger partial charge in [-0.25, -0.2) is 0 Å². The first kappa shape index (κ1) is 28.0. The Balaban J connectivity index is 1.38. The normalized spacial score (nSPS) is 20.3. The molecule has 2 atom stereocenters. The number of fused-ring (bicyclic) bond motifs is 2. The molecule has 1 fully saturated rings. The van der Waals surface area contributed by atoms with Gasteiger partial charge in [-0.2, -0.15) is 17.9 Å². The fourth-order valence-corrected chi connectivity index (χ4v) is 6.73. The molecule has 8 heteroatoms. The van der Waals surface area contributed by atoms with Gasteiger partial charge in [0.15, 0.2) is 5.43 Å². The van der Waals surface area contributed by atoms with Gasteiger partial charge in [-0.15, -0.1) is 0 Å². The molecule has 39 heavy (non-hydrogen) atoms. The number of aromatic nitrogens is 1. The number of rotatable bonds is 8. The lowest BCUT2D eigenvalue weighted by Gasteiger charge is -2.33. The van der Waals surface area contributed by atoms with E-state index in [1.807, 2.05) is 0 Å². The summed E-state index contributed by atoms with van der Waals surface area (Å²) in [4.78, 5) is 16.2. The number of likely N-dealkylation sites (tertiary alicyclic amines) is 1. The summed E-state index contributed by atoms with van der Waals surface area (Å²) >= 11 is 6.18. The van der Waals surface area contributed by atoms with Crippen LogP contribution < -0.4 is 5.43 Å². The molecular weight excluding hydrogens is 525 g/mol. The quantitative estimate of drug-likeness (QED) is 0.223. The van der Waals surface area contributed by atoms with Crippen LogP contribution in [0.15, 0.2) is 47.3 Å². The molecule has 1 aliphatic heterocycles. The third-order valence-electron chi connectivity index (χ3n) is 8.57. The van der Waals surface area contributed by atoms with Crippen LogP contribution in [0.1, 0.15) is 92.0 Å². The molecule has 3 aromatic rings. The standard InChI is InChI=1S/C31H36ClF3N2O2/c32-25-12-13-27-26(20-25)30(38)29-22(9-4-1-2-5-14-36-15-6-3-7-16-36)17-23(19-28(29)37(27)39)21-10-8-11-24(18-21)31(33,34)35/h8,10-13,18,20,22-23,39H,1-7,9,14-17,19H2. The first-order chi connectivity index (χ1) is 18.7. The smallest absolute Gasteiger partial charge is 0.416 e. The van der Waals surface area contributed by atoms with E-state index in [0.717, 1.165) is 49.4 Å². The van der Waals surface area contributed by atoms with E-state index in [4.69, 9.17) is 11.6 Å². The lowest BCUT2D eigenvalue weighted by molar-refractivity contribution is -0.137. The molecule has 1 saturated heterocycles. The van der Waals surface area contributed by atoms with E-state index < -0.39 is 11.7 Å².